The van der Waals surface area contributed by atoms with Crippen LogP contribution < -0.4 is 29.6 Å². The van der Waals surface area contributed by atoms with Gasteiger partial charge in [-0.3, -0.25) is 8.42 Å². The van der Waals surface area contributed by atoms with Gasteiger partial charge in [0.15, 0.2) is 0 Å². The van der Waals surface area contributed by atoms with Gasteiger partial charge in [0.05, 0.1) is 9.57 Å². The number of rotatable bonds is 4. The van der Waals surface area contributed by atoms with E-state index < -0.39 is 18.2 Å². The molecule has 0 saturated carbocycles. The predicted octanol–water partition coefficient (Wildman–Crippen LogP) is -3.16. The van der Waals surface area contributed by atoms with Crippen molar-refractivity contribution in [3.05, 3.63) is 0 Å². The molecule has 0 aromatic carbocycles. The monoisotopic (exact) mass is 190 g/mol. The standard InChI is InChI=1S/C4H12O3SSi.Na/c1-2-3-4-9-8(5,6)7;/h2-4,9H2,1H3,(H,5,6,7);/q;+1/p-1. The van der Waals surface area contributed by atoms with Gasteiger partial charge in [-0.05, 0) is 6.04 Å². The Morgan fingerprint density at radius 3 is 2.30 bits per heavy atom. The maximum absolute atomic E-state index is 10.0. The minimum atomic E-state index is -3.81. The van der Waals surface area contributed by atoms with Crippen molar-refractivity contribution in [1.29, 1.82) is 0 Å². The van der Waals surface area contributed by atoms with Crippen molar-refractivity contribution >= 4 is 18.2 Å². The van der Waals surface area contributed by atoms with Crippen molar-refractivity contribution in [2.24, 2.45) is 0 Å². The summed E-state index contributed by atoms with van der Waals surface area (Å²) in [5.41, 5.74) is 0. The minimum Gasteiger partial charge on any atom is -0.754 e. The van der Waals surface area contributed by atoms with Crippen molar-refractivity contribution in [2.45, 2.75) is 25.8 Å². The smallest absolute Gasteiger partial charge is 0.754 e. The van der Waals surface area contributed by atoms with Gasteiger partial charge in [-0.25, -0.2) is 0 Å². The van der Waals surface area contributed by atoms with Gasteiger partial charge < -0.3 is 4.55 Å². The van der Waals surface area contributed by atoms with E-state index in [2.05, 4.69) is 0 Å². The van der Waals surface area contributed by atoms with Crippen LogP contribution in [0.5, 0.6) is 0 Å². The predicted molar refractivity (Wildman–Crippen MR) is 38.0 cm³/mol. The summed E-state index contributed by atoms with van der Waals surface area (Å²) in [5, 5.41) is 0. The van der Waals surface area contributed by atoms with E-state index in [1.807, 2.05) is 6.92 Å². The van der Waals surface area contributed by atoms with E-state index in [9.17, 15) is 13.0 Å². The van der Waals surface area contributed by atoms with Crippen LogP contribution in [0.1, 0.15) is 19.8 Å². The first-order valence-corrected chi connectivity index (χ1v) is 7.31. The molecule has 0 aromatic heterocycles. The summed E-state index contributed by atoms with van der Waals surface area (Å²) in [6.45, 7) is 1.98. The van der Waals surface area contributed by atoms with E-state index in [-0.39, 0.29) is 29.6 Å². The van der Waals surface area contributed by atoms with Crippen LogP contribution >= 0.6 is 0 Å². The summed E-state index contributed by atoms with van der Waals surface area (Å²) in [4.78, 5) is 0. The zero-order valence-corrected chi connectivity index (χ0v) is 10.7. The van der Waals surface area contributed by atoms with Gasteiger partial charge in [0.2, 0.25) is 0 Å². The Kier molecular flexibility index (Phi) is 9.33. The third kappa shape index (κ3) is 11.9. The zero-order valence-electron chi connectivity index (χ0n) is 6.46. The molecule has 0 aliphatic heterocycles. The Morgan fingerprint density at radius 1 is 1.50 bits per heavy atom. The third-order valence-electron chi connectivity index (χ3n) is 0.998. The second-order valence-corrected chi connectivity index (χ2v) is 7.55. The van der Waals surface area contributed by atoms with Crippen molar-refractivity contribution in [2.75, 3.05) is 0 Å². The Hall–Kier alpha value is 1.13. The van der Waals surface area contributed by atoms with Crippen LogP contribution in [0, 0.1) is 0 Å². The van der Waals surface area contributed by atoms with Crippen molar-refractivity contribution < 1.29 is 42.5 Å². The summed E-state index contributed by atoms with van der Waals surface area (Å²) in [6.07, 6.45) is 1.86. The first-order valence-electron chi connectivity index (χ1n) is 3.00. The fourth-order valence-corrected chi connectivity index (χ4v) is 3.26. The van der Waals surface area contributed by atoms with E-state index in [1.165, 1.54) is 0 Å². The normalized spacial score (nSPS) is 11.8. The van der Waals surface area contributed by atoms with Crippen LogP contribution in [0.15, 0.2) is 0 Å². The van der Waals surface area contributed by atoms with Crippen LogP contribution in [0.2, 0.25) is 6.04 Å². The molecule has 0 amide bonds. The molecule has 0 radical (unpaired) electrons. The quantitative estimate of drug-likeness (QED) is 0.267. The molecule has 0 aromatic rings. The molecule has 0 saturated heterocycles. The molecule has 0 spiro atoms. The fourth-order valence-electron chi connectivity index (χ4n) is 0.529. The molecule has 6 heteroatoms. The first-order chi connectivity index (χ1) is 4.06. The van der Waals surface area contributed by atoms with Gasteiger partial charge in [0, 0.05) is 0 Å². The molecule has 56 valence electrons. The van der Waals surface area contributed by atoms with Gasteiger partial charge in [0.25, 0.3) is 0 Å². The van der Waals surface area contributed by atoms with E-state index in [1.54, 1.807) is 0 Å². The molecule has 0 rings (SSSR count). The van der Waals surface area contributed by atoms with Gasteiger partial charge >= 0.3 is 29.6 Å². The third-order valence-corrected chi connectivity index (χ3v) is 4.65. The molecule has 0 fully saturated rings. The van der Waals surface area contributed by atoms with Crippen LogP contribution in [0.3, 0.4) is 0 Å². The Balaban J connectivity index is 0. The second kappa shape index (κ2) is 6.81. The molecule has 10 heavy (non-hydrogen) atoms. The largest absolute Gasteiger partial charge is 1.00 e. The summed E-state index contributed by atoms with van der Waals surface area (Å²) in [6, 6.07) is 0.641. The number of hydrogen-bond donors (Lipinski definition) is 0. The Morgan fingerprint density at radius 2 is 2.00 bits per heavy atom. The van der Waals surface area contributed by atoms with E-state index in [0.717, 1.165) is 12.8 Å². The summed E-state index contributed by atoms with van der Waals surface area (Å²) in [5.74, 6) is 0. The van der Waals surface area contributed by atoms with Crippen molar-refractivity contribution in [3.63, 3.8) is 0 Å². The van der Waals surface area contributed by atoms with Gasteiger partial charge in [0.1, 0.15) is 8.67 Å². The molecular weight excluding hydrogens is 179 g/mol. The first kappa shape index (κ1) is 13.7. The van der Waals surface area contributed by atoms with E-state index in [4.69, 9.17) is 0 Å². The summed E-state index contributed by atoms with van der Waals surface area (Å²) < 4.78 is 30.0. The molecule has 0 N–H and O–H groups in total. The molecule has 0 aliphatic rings. The fraction of sp³-hybridized carbons (Fsp3) is 1.00. The summed E-state index contributed by atoms with van der Waals surface area (Å²) in [7, 11) is -5.15. The van der Waals surface area contributed by atoms with E-state index in [0.29, 0.717) is 6.04 Å². The SMILES string of the molecule is CCCC[SiH2]S(=O)(=O)[O-].[Na+]. The maximum atomic E-state index is 10.0. The van der Waals surface area contributed by atoms with Gasteiger partial charge in [-0.2, -0.15) is 0 Å². The average molecular weight is 190 g/mol. The minimum absolute atomic E-state index is 0. The van der Waals surface area contributed by atoms with E-state index >= 15 is 0 Å². The average Bonchev–Trinajstić information content (AvgIpc) is 1.63. The molecule has 3 nitrogen and oxygen atoms in total. The molecule has 0 heterocycles. The second-order valence-electron chi connectivity index (χ2n) is 1.97. The Labute approximate surface area is 86.1 Å². The topological polar surface area (TPSA) is 57.2 Å². The van der Waals surface area contributed by atoms with Crippen molar-refractivity contribution in [1.82, 2.24) is 0 Å². The van der Waals surface area contributed by atoms with Crippen LogP contribution in [0.25, 0.3) is 0 Å². The summed E-state index contributed by atoms with van der Waals surface area (Å²) >= 11 is 0. The maximum Gasteiger partial charge on any atom is 1.00 e. The van der Waals surface area contributed by atoms with Crippen LogP contribution in [-0.4, -0.2) is 21.6 Å². The number of unbranched alkanes of at least 4 members (excludes halogenated alkanes) is 1. The molecule has 0 atom stereocenters. The molecule has 0 unspecified atom stereocenters. The zero-order chi connectivity index (χ0) is 7.33. The van der Waals surface area contributed by atoms with Gasteiger partial charge in [-0.1, -0.05) is 19.8 Å². The van der Waals surface area contributed by atoms with Crippen LogP contribution in [-0.2, 0) is 9.57 Å². The Bertz CT molecular complexity index is 156. The van der Waals surface area contributed by atoms with Crippen molar-refractivity contribution in [3.8, 4) is 0 Å². The number of hydrogen-bond acceptors (Lipinski definition) is 3. The van der Waals surface area contributed by atoms with Gasteiger partial charge in [-0.15, -0.1) is 0 Å². The molecular formula is C4H11NaO3SSi. The van der Waals surface area contributed by atoms with Crippen LogP contribution in [0.4, 0.5) is 0 Å². The molecule has 0 bridgehead atoms. The molecule has 0 aliphatic carbocycles.